The molecule has 20 heavy (non-hydrogen) atoms. The van der Waals surface area contributed by atoms with E-state index in [0.29, 0.717) is 0 Å². The molecular formula is C12H18FN5O2. The predicted octanol–water partition coefficient (Wildman–Crippen LogP) is 0.151. The molecule has 1 rings (SSSR count). The molecule has 1 aromatic rings. The minimum atomic E-state index is -0.834. The maximum Gasteiger partial charge on any atom is 0.254 e. The molecule has 0 spiro atoms. The van der Waals surface area contributed by atoms with E-state index in [9.17, 15) is 14.0 Å². The van der Waals surface area contributed by atoms with Crippen molar-refractivity contribution in [3.05, 3.63) is 23.6 Å². The van der Waals surface area contributed by atoms with Crippen LogP contribution in [0.1, 0.15) is 30.6 Å². The van der Waals surface area contributed by atoms with Gasteiger partial charge in [0, 0.05) is 25.2 Å². The molecule has 0 saturated heterocycles. The lowest BCUT2D eigenvalue weighted by Crippen LogP contribution is -2.34. The summed E-state index contributed by atoms with van der Waals surface area (Å²) < 4.78 is 13.7. The van der Waals surface area contributed by atoms with E-state index >= 15 is 0 Å². The number of pyridine rings is 1. The maximum absolute atomic E-state index is 13.7. The minimum Gasteiger partial charge on any atom is -0.354 e. The number of nitrogens with one attached hydrogen (secondary N) is 3. The second-order valence-electron chi connectivity index (χ2n) is 4.39. The van der Waals surface area contributed by atoms with Gasteiger partial charge in [0.2, 0.25) is 5.91 Å². The first-order valence-corrected chi connectivity index (χ1v) is 6.14. The minimum absolute atomic E-state index is 0.0361. The molecule has 0 aromatic carbocycles. The standard InChI is InChI=1S/C12H18FN5O2/c1-7(2)17-9(19)4-6-16-12(20)8-3-5-15-11(18-14)10(8)13/h3,5,7H,4,6,14H2,1-2H3,(H,15,18)(H,16,20)(H,17,19). The Morgan fingerprint density at radius 2 is 2.15 bits per heavy atom. The van der Waals surface area contributed by atoms with Gasteiger partial charge in [-0.05, 0) is 19.9 Å². The number of aromatic nitrogens is 1. The largest absolute Gasteiger partial charge is 0.354 e. The fraction of sp³-hybridized carbons (Fsp3) is 0.417. The summed E-state index contributed by atoms with van der Waals surface area (Å²) in [6, 6.07) is 1.27. The molecule has 0 atom stereocenters. The summed E-state index contributed by atoms with van der Waals surface area (Å²) >= 11 is 0. The number of hydrogen-bond acceptors (Lipinski definition) is 5. The Morgan fingerprint density at radius 1 is 1.45 bits per heavy atom. The molecule has 0 aliphatic carbocycles. The molecule has 1 heterocycles. The molecule has 2 amide bonds. The van der Waals surface area contributed by atoms with Gasteiger partial charge in [0.15, 0.2) is 11.6 Å². The van der Waals surface area contributed by atoms with Gasteiger partial charge in [0.05, 0.1) is 5.56 Å². The number of carbonyl (C=O) groups excluding carboxylic acids is 2. The Hall–Kier alpha value is -2.22. The van der Waals surface area contributed by atoms with Crippen molar-refractivity contribution in [2.75, 3.05) is 12.0 Å². The fourth-order valence-corrected chi connectivity index (χ4v) is 1.50. The Balaban J connectivity index is 2.54. The molecule has 7 nitrogen and oxygen atoms in total. The molecule has 1 aromatic heterocycles. The van der Waals surface area contributed by atoms with Crippen LogP contribution in [0.3, 0.4) is 0 Å². The third-order valence-corrected chi connectivity index (χ3v) is 2.36. The van der Waals surface area contributed by atoms with E-state index in [1.54, 1.807) is 0 Å². The van der Waals surface area contributed by atoms with E-state index in [1.165, 1.54) is 12.3 Å². The zero-order chi connectivity index (χ0) is 15.1. The molecule has 8 heteroatoms. The van der Waals surface area contributed by atoms with Crippen LogP contribution in [0, 0.1) is 5.82 Å². The van der Waals surface area contributed by atoms with Crippen molar-refractivity contribution in [1.29, 1.82) is 0 Å². The zero-order valence-corrected chi connectivity index (χ0v) is 11.4. The number of carbonyl (C=O) groups is 2. The summed E-state index contributed by atoms with van der Waals surface area (Å²) in [5.74, 6) is 3.21. The molecule has 0 radical (unpaired) electrons. The fourth-order valence-electron chi connectivity index (χ4n) is 1.50. The molecule has 5 N–H and O–H groups in total. The Kier molecular flexibility index (Phi) is 5.85. The van der Waals surface area contributed by atoms with Gasteiger partial charge in [0.25, 0.3) is 5.91 Å². The summed E-state index contributed by atoms with van der Waals surface area (Å²) in [6.07, 6.45) is 1.39. The number of hydrogen-bond donors (Lipinski definition) is 4. The summed E-state index contributed by atoms with van der Waals surface area (Å²) in [5.41, 5.74) is 1.87. The van der Waals surface area contributed by atoms with E-state index in [2.05, 4.69) is 21.0 Å². The van der Waals surface area contributed by atoms with E-state index in [0.717, 1.165) is 0 Å². The van der Waals surface area contributed by atoms with Gasteiger partial charge in [-0.15, -0.1) is 0 Å². The van der Waals surface area contributed by atoms with E-state index in [-0.39, 0.29) is 36.3 Å². The second-order valence-corrected chi connectivity index (χ2v) is 4.39. The summed E-state index contributed by atoms with van der Waals surface area (Å²) in [5, 5.41) is 5.14. The van der Waals surface area contributed by atoms with Crippen LogP contribution in [-0.2, 0) is 4.79 Å². The van der Waals surface area contributed by atoms with Crippen molar-refractivity contribution in [2.45, 2.75) is 26.3 Å². The third-order valence-electron chi connectivity index (χ3n) is 2.36. The van der Waals surface area contributed by atoms with Crippen LogP contribution in [0.25, 0.3) is 0 Å². The Labute approximate surface area is 116 Å². The predicted molar refractivity (Wildman–Crippen MR) is 72.2 cm³/mol. The summed E-state index contributed by atoms with van der Waals surface area (Å²) in [7, 11) is 0. The van der Waals surface area contributed by atoms with Crippen LogP contribution >= 0.6 is 0 Å². The average molecular weight is 283 g/mol. The van der Waals surface area contributed by atoms with E-state index in [4.69, 9.17) is 5.84 Å². The maximum atomic E-state index is 13.7. The van der Waals surface area contributed by atoms with Crippen LogP contribution in [-0.4, -0.2) is 29.4 Å². The van der Waals surface area contributed by atoms with Crippen molar-refractivity contribution in [3.8, 4) is 0 Å². The van der Waals surface area contributed by atoms with Gasteiger partial charge < -0.3 is 16.1 Å². The average Bonchev–Trinajstić information content (AvgIpc) is 2.37. The quantitative estimate of drug-likeness (QED) is 0.439. The lowest BCUT2D eigenvalue weighted by atomic mass is 10.2. The molecule has 0 unspecified atom stereocenters. The number of nitrogens with two attached hydrogens (primary N) is 1. The molecular weight excluding hydrogens is 265 g/mol. The SMILES string of the molecule is CC(C)NC(=O)CCNC(=O)c1ccnc(NN)c1F. The van der Waals surface area contributed by atoms with Crippen molar-refractivity contribution in [3.63, 3.8) is 0 Å². The number of anilines is 1. The monoisotopic (exact) mass is 283 g/mol. The lowest BCUT2D eigenvalue weighted by Gasteiger charge is -2.10. The van der Waals surface area contributed by atoms with Crippen molar-refractivity contribution in [1.82, 2.24) is 15.6 Å². The van der Waals surface area contributed by atoms with Crippen molar-refractivity contribution in [2.24, 2.45) is 5.84 Å². The number of nitrogen functional groups attached to an aromatic ring is 1. The first-order valence-electron chi connectivity index (χ1n) is 6.14. The van der Waals surface area contributed by atoms with Gasteiger partial charge in [-0.3, -0.25) is 9.59 Å². The van der Waals surface area contributed by atoms with E-state index < -0.39 is 11.7 Å². The van der Waals surface area contributed by atoms with E-state index in [1.807, 2.05) is 13.8 Å². The topological polar surface area (TPSA) is 109 Å². The Morgan fingerprint density at radius 3 is 2.75 bits per heavy atom. The first kappa shape index (κ1) is 15.8. The number of hydrazine groups is 1. The molecule has 0 bridgehead atoms. The third kappa shape index (κ3) is 4.47. The highest BCUT2D eigenvalue weighted by Gasteiger charge is 2.15. The van der Waals surface area contributed by atoms with Crippen LogP contribution in [0.2, 0.25) is 0 Å². The number of rotatable bonds is 6. The molecule has 110 valence electrons. The zero-order valence-electron chi connectivity index (χ0n) is 11.4. The molecule has 0 aliphatic rings. The highest BCUT2D eigenvalue weighted by Crippen LogP contribution is 2.13. The van der Waals surface area contributed by atoms with Crippen LogP contribution < -0.4 is 21.9 Å². The van der Waals surface area contributed by atoms with Crippen molar-refractivity contribution < 1.29 is 14.0 Å². The molecule has 0 saturated carbocycles. The van der Waals surface area contributed by atoms with Crippen molar-refractivity contribution >= 4 is 17.6 Å². The van der Waals surface area contributed by atoms with Crippen LogP contribution in [0.5, 0.6) is 0 Å². The number of halogens is 1. The smallest absolute Gasteiger partial charge is 0.254 e. The van der Waals surface area contributed by atoms with Gasteiger partial charge in [0.1, 0.15) is 0 Å². The molecule has 0 aliphatic heterocycles. The van der Waals surface area contributed by atoms with Gasteiger partial charge in [-0.1, -0.05) is 0 Å². The first-order chi connectivity index (χ1) is 9.45. The Bertz CT molecular complexity index is 493. The summed E-state index contributed by atoms with van der Waals surface area (Å²) in [6.45, 7) is 3.79. The van der Waals surface area contributed by atoms with Gasteiger partial charge in [-0.25, -0.2) is 15.2 Å². The number of nitrogens with zero attached hydrogens (tertiary/aromatic N) is 1. The van der Waals surface area contributed by atoms with Gasteiger partial charge in [-0.2, -0.15) is 0 Å². The second kappa shape index (κ2) is 7.39. The highest BCUT2D eigenvalue weighted by atomic mass is 19.1. The van der Waals surface area contributed by atoms with Gasteiger partial charge >= 0.3 is 0 Å². The van der Waals surface area contributed by atoms with Crippen LogP contribution in [0.15, 0.2) is 12.3 Å². The number of amides is 2. The normalized spacial score (nSPS) is 10.2. The van der Waals surface area contributed by atoms with Crippen LogP contribution in [0.4, 0.5) is 10.2 Å². The lowest BCUT2D eigenvalue weighted by molar-refractivity contribution is -0.121. The highest BCUT2D eigenvalue weighted by molar-refractivity contribution is 5.95. The summed E-state index contributed by atoms with van der Waals surface area (Å²) in [4.78, 5) is 26.7. The molecule has 0 fully saturated rings.